The molecule has 0 heterocycles. The zero-order valence-corrected chi connectivity index (χ0v) is 9.87. The smallest absolute Gasteiger partial charge is 0.157 e. The molecule has 0 aromatic heterocycles. The highest BCUT2D eigenvalue weighted by Crippen LogP contribution is 2.24. The van der Waals surface area contributed by atoms with E-state index in [1.165, 1.54) is 25.3 Å². The normalized spacial score (nSPS) is 10.6. The van der Waals surface area contributed by atoms with Gasteiger partial charge in [0.15, 0.2) is 11.5 Å². The average Bonchev–Trinajstić information content (AvgIpc) is 2.28. The molecule has 0 bridgehead atoms. The lowest BCUT2D eigenvalue weighted by molar-refractivity contribution is 0.403. The van der Waals surface area contributed by atoms with Crippen LogP contribution < -0.4 is 5.32 Å². The van der Waals surface area contributed by atoms with Gasteiger partial charge in [-0.1, -0.05) is 25.8 Å². The van der Waals surface area contributed by atoms with E-state index < -0.39 is 0 Å². The molecule has 0 saturated heterocycles. The van der Waals surface area contributed by atoms with E-state index >= 15 is 0 Å². The summed E-state index contributed by atoms with van der Waals surface area (Å²) in [5.41, 5.74) is 1.04. The van der Waals surface area contributed by atoms with E-state index in [2.05, 4.69) is 12.2 Å². The van der Waals surface area contributed by atoms with Gasteiger partial charge in [-0.25, -0.2) is 0 Å². The summed E-state index contributed by atoms with van der Waals surface area (Å²) >= 11 is 0. The van der Waals surface area contributed by atoms with Gasteiger partial charge in [-0.05, 0) is 43.6 Å². The van der Waals surface area contributed by atoms with Crippen molar-refractivity contribution < 1.29 is 10.2 Å². The molecular formula is C13H21NO2. The molecule has 0 saturated carbocycles. The van der Waals surface area contributed by atoms with Crippen molar-refractivity contribution in [2.24, 2.45) is 0 Å². The number of benzene rings is 1. The monoisotopic (exact) mass is 223 g/mol. The number of rotatable bonds is 7. The van der Waals surface area contributed by atoms with Gasteiger partial charge >= 0.3 is 0 Å². The zero-order chi connectivity index (χ0) is 11.8. The van der Waals surface area contributed by atoms with E-state index in [1.54, 1.807) is 6.07 Å². The van der Waals surface area contributed by atoms with E-state index in [0.717, 1.165) is 25.1 Å². The fraction of sp³-hybridized carbons (Fsp3) is 0.538. The molecule has 0 aliphatic rings. The summed E-state index contributed by atoms with van der Waals surface area (Å²) < 4.78 is 0. The summed E-state index contributed by atoms with van der Waals surface area (Å²) in [7, 11) is 0. The highest BCUT2D eigenvalue weighted by atomic mass is 16.3. The maximum Gasteiger partial charge on any atom is 0.157 e. The van der Waals surface area contributed by atoms with Crippen LogP contribution >= 0.6 is 0 Å². The summed E-state index contributed by atoms with van der Waals surface area (Å²) in [4.78, 5) is 0. The van der Waals surface area contributed by atoms with Crippen LogP contribution in [0.25, 0.3) is 0 Å². The molecule has 0 atom stereocenters. The number of hydrogen-bond donors (Lipinski definition) is 3. The van der Waals surface area contributed by atoms with Gasteiger partial charge in [-0.2, -0.15) is 0 Å². The van der Waals surface area contributed by atoms with E-state index in [4.69, 9.17) is 5.11 Å². The van der Waals surface area contributed by atoms with E-state index in [0.29, 0.717) is 0 Å². The third kappa shape index (κ3) is 4.53. The highest BCUT2D eigenvalue weighted by Gasteiger charge is 1.99. The van der Waals surface area contributed by atoms with Gasteiger partial charge in [0.2, 0.25) is 0 Å². The molecular weight excluding hydrogens is 202 g/mol. The molecule has 3 heteroatoms. The minimum Gasteiger partial charge on any atom is -0.504 e. The second-order valence-corrected chi connectivity index (χ2v) is 4.03. The Kier molecular flexibility index (Phi) is 5.72. The minimum absolute atomic E-state index is 0.0384. The van der Waals surface area contributed by atoms with Crippen molar-refractivity contribution in [1.29, 1.82) is 0 Å². The minimum atomic E-state index is -0.0559. The summed E-state index contributed by atoms with van der Waals surface area (Å²) in [6, 6.07) is 4.98. The fourth-order valence-electron chi connectivity index (χ4n) is 1.58. The number of aromatic hydroxyl groups is 2. The number of phenolic OH excluding ortho intramolecular Hbond substituents is 2. The summed E-state index contributed by atoms with van der Waals surface area (Å²) in [6.45, 7) is 4.16. The summed E-state index contributed by atoms with van der Waals surface area (Å²) in [5.74, 6) is -0.0943. The third-order valence-electron chi connectivity index (χ3n) is 2.59. The summed E-state index contributed by atoms with van der Waals surface area (Å²) in [6.07, 6.45) is 4.61. The first-order valence-corrected chi connectivity index (χ1v) is 5.95. The molecule has 16 heavy (non-hydrogen) atoms. The lowest BCUT2D eigenvalue weighted by atomic mass is 10.1. The highest BCUT2D eigenvalue weighted by molar-refractivity contribution is 5.40. The van der Waals surface area contributed by atoms with Crippen LogP contribution in [0.15, 0.2) is 18.2 Å². The van der Waals surface area contributed by atoms with Crippen molar-refractivity contribution in [2.45, 2.75) is 32.6 Å². The molecule has 1 rings (SSSR count). The lowest BCUT2D eigenvalue weighted by Crippen LogP contribution is -2.18. The lowest BCUT2D eigenvalue weighted by Gasteiger charge is -2.05. The van der Waals surface area contributed by atoms with Gasteiger partial charge < -0.3 is 15.5 Å². The SMILES string of the molecule is CCCCCNCCc1ccc(O)c(O)c1. The van der Waals surface area contributed by atoms with Crippen molar-refractivity contribution in [3.63, 3.8) is 0 Å². The zero-order valence-electron chi connectivity index (χ0n) is 9.87. The molecule has 0 fully saturated rings. The van der Waals surface area contributed by atoms with E-state index in [1.807, 2.05) is 6.07 Å². The van der Waals surface area contributed by atoms with Crippen LogP contribution in [0.2, 0.25) is 0 Å². The molecule has 3 N–H and O–H groups in total. The quantitative estimate of drug-likeness (QED) is 0.491. The van der Waals surface area contributed by atoms with E-state index in [-0.39, 0.29) is 11.5 Å². The summed E-state index contributed by atoms with van der Waals surface area (Å²) in [5, 5.41) is 21.8. The molecule has 0 aliphatic carbocycles. The predicted molar refractivity (Wildman–Crippen MR) is 65.9 cm³/mol. The fourth-order valence-corrected chi connectivity index (χ4v) is 1.58. The molecule has 0 radical (unpaired) electrons. The maximum atomic E-state index is 9.30. The topological polar surface area (TPSA) is 52.5 Å². The molecule has 0 aliphatic heterocycles. The number of unbranched alkanes of at least 4 members (excludes halogenated alkanes) is 2. The van der Waals surface area contributed by atoms with Gasteiger partial charge in [0.1, 0.15) is 0 Å². The molecule has 3 nitrogen and oxygen atoms in total. The molecule has 0 spiro atoms. The van der Waals surface area contributed by atoms with Crippen molar-refractivity contribution in [1.82, 2.24) is 5.32 Å². The van der Waals surface area contributed by atoms with Crippen LogP contribution in [0.5, 0.6) is 11.5 Å². The Morgan fingerprint density at radius 2 is 1.88 bits per heavy atom. The molecule has 0 unspecified atom stereocenters. The number of nitrogens with one attached hydrogen (secondary N) is 1. The second-order valence-electron chi connectivity index (χ2n) is 4.03. The van der Waals surface area contributed by atoms with Crippen molar-refractivity contribution >= 4 is 0 Å². The van der Waals surface area contributed by atoms with Crippen molar-refractivity contribution in [3.05, 3.63) is 23.8 Å². The van der Waals surface area contributed by atoms with Crippen molar-refractivity contribution in [3.8, 4) is 11.5 Å². The first-order chi connectivity index (χ1) is 7.74. The van der Waals surface area contributed by atoms with Gasteiger partial charge in [0.05, 0.1) is 0 Å². The van der Waals surface area contributed by atoms with Crippen LogP contribution in [-0.2, 0) is 6.42 Å². The van der Waals surface area contributed by atoms with Gasteiger partial charge in [-0.15, -0.1) is 0 Å². The Bertz CT molecular complexity index is 313. The Balaban J connectivity index is 2.19. The molecule has 90 valence electrons. The Morgan fingerprint density at radius 3 is 2.56 bits per heavy atom. The van der Waals surface area contributed by atoms with E-state index in [9.17, 15) is 5.11 Å². The van der Waals surface area contributed by atoms with Gasteiger partial charge in [0.25, 0.3) is 0 Å². The average molecular weight is 223 g/mol. The largest absolute Gasteiger partial charge is 0.504 e. The Labute approximate surface area is 97.1 Å². The van der Waals surface area contributed by atoms with Gasteiger partial charge in [0, 0.05) is 0 Å². The molecule has 1 aromatic rings. The van der Waals surface area contributed by atoms with Crippen LogP contribution in [0.4, 0.5) is 0 Å². The third-order valence-corrected chi connectivity index (χ3v) is 2.59. The molecule has 0 amide bonds. The van der Waals surface area contributed by atoms with Gasteiger partial charge in [-0.3, -0.25) is 0 Å². The van der Waals surface area contributed by atoms with Crippen LogP contribution in [-0.4, -0.2) is 23.3 Å². The second kappa shape index (κ2) is 7.12. The number of hydrogen-bond acceptors (Lipinski definition) is 3. The number of phenols is 2. The molecule has 1 aromatic carbocycles. The van der Waals surface area contributed by atoms with Crippen LogP contribution in [0.1, 0.15) is 31.7 Å². The Hall–Kier alpha value is -1.22. The standard InChI is InChI=1S/C13H21NO2/c1-2-3-4-8-14-9-7-11-5-6-12(15)13(16)10-11/h5-6,10,14-16H,2-4,7-9H2,1H3. The first kappa shape index (κ1) is 12.8. The predicted octanol–water partition coefficient (Wildman–Crippen LogP) is 2.42. The van der Waals surface area contributed by atoms with Crippen LogP contribution in [0.3, 0.4) is 0 Å². The maximum absolute atomic E-state index is 9.30. The first-order valence-electron chi connectivity index (χ1n) is 5.95. The van der Waals surface area contributed by atoms with Crippen LogP contribution in [0, 0.1) is 0 Å². The van der Waals surface area contributed by atoms with Crippen molar-refractivity contribution in [2.75, 3.05) is 13.1 Å². The Morgan fingerprint density at radius 1 is 1.06 bits per heavy atom.